The third-order valence-corrected chi connectivity index (χ3v) is 4.85. The summed E-state index contributed by atoms with van der Waals surface area (Å²) in [6, 6.07) is 8.51. The zero-order valence-electron chi connectivity index (χ0n) is 16.4. The summed E-state index contributed by atoms with van der Waals surface area (Å²) in [6.45, 7) is 9.94. The SMILES string of the molecule is CC1COB(c2cccc(CC3CCN(C(=O)OC(C)(C)C)CC3)c2)O1. The van der Waals surface area contributed by atoms with Crippen LogP contribution in [0.1, 0.15) is 46.1 Å². The van der Waals surface area contributed by atoms with Crippen molar-refractivity contribution in [2.75, 3.05) is 19.7 Å². The van der Waals surface area contributed by atoms with Crippen LogP contribution in [0.4, 0.5) is 4.79 Å². The Hall–Kier alpha value is -1.53. The van der Waals surface area contributed by atoms with E-state index in [1.165, 1.54) is 5.56 Å². The van der Waals surface area contributed by atoms with Crippen LogP contribution in [-0.2, 0) is 20.5 Å². The first kappa shape index (κ1) is 19.2. The maximum Gasteiger partial charge on any atom is 0.494 e. The van der Waals surface area contributed by atoms with Crippen LogP contribution in [0.5, 0.6) is 0 Å². The number of rotatable bonds is 3. The third kappa shape index (κ3) is 5.24. The summed E-state index contributed by atoms with van der Waals surface area (Å²) < 4.78 is 17.0. The number of hydrogen-bond donors (Lipinski definition) is 0. The number of nitrogens with zero attached hydrogens (tertiary/aromatic N) is 1. The van der Waals surface area contributed by atoms with Crippen LogP contribution in [0.25, 0.3) is 0 Å². The van der Waals surface area contributed by atoms with E-state index >= 15 is 0 Å². The van der Waals surface area contributed by atoms with Crippen molar-refractivity contribution in [3.63, 3.8) is 0 Å². The minimum Gasteiger partial charge on any atom is -0.444 e. The summed E-state index contributed by atoms with van der Waals surface area (Å²) >= 11 is 0. The summed E-state index contributed by atoms with van der Waals surface area (Å²) in [5, 5.41) is 0. The molecule has 0 spiro atoms. The molecule has 0 bridgehead atoms. The van der Waals surface area contributed by atoms with E-state index in [9.17, 15) is 4.79 Å². The van der Waals surface area contributed by atoms with Crippen molar-refractivity contribution in [2.24, 2.45) is 5.92 Å². The fourth-order valence-corrected chi connectivity index (χ4v) is 3.53. The second-order valence-electron chi connectivity index (χ2n) is 8.47. The van der Waals surface area contributed by atoms with Gasteiger partial charge in [-0.3, -0.25) is 0 Å². The van der Waals surface area contributed by atoms with Crippen molar-refractivity contribution in [3.05, 3.63) is 29.8 Å². The Kier molecular flexibility index (Phi) is 5.93. The average molecular weight is 359 g/mol. The lowest BCUT2D eigenvalue weighted by Crippen LogP contribution is -2.42. The summed E-state index contributed by atoms with van der Waals surface area (Å²) in [5.74, 6) is 0.591. The lowest BCUT2D eigenvalue weighted by molar-refractivity contribution is 0.0184. The fourth-order valence-electron chi connectivity index (χ4n) is 3.53. The quantitative estimate of drug-likeness (QED) is 0.779. The highest BCUT2D eigenvalue weighted by molar-refractivity contribution is 6.61. The van der Waals surface area contributed by atoms with Crippen LogP contribution in [0.3, 0.4) is 0 Å². The number of amides is 1. The Labute approximate surface area is 157 Å². The highest BCUT2D eigenvalue weighted by Crippen LogP contribution is 2.23. The van der Waals surface area contributed by atoms with Crippen LogP contribution in [0.2, 0.25) is 0 Å². The van der Waals surface area contributed by atoms with E-state index in [0.717, 1.165) is 37.8 Å². The molecule has 2 fully saturated rings. The highest BCUT2D eigenvalue weighted by atomic mass is 16.6. The van der Waals surface area contributed by atoms with Crippen molar-refractivity contribution in [1.82, 2.24) is 4.90 Å². The first-order chi connectivity index (χ1) is 12.3. The minimum atomic E-state index is -0.434. The van der Waals surface area contributed by atoms with Crippen LogP contribution < -0.4 is 5.46 Å². The molecule has 2 heterocycles. The molecular weight excluding hydrogens is 329 g/mol. The molecule has 1 atom stereocenters. The van der Waals surface area contributed by atoms with Crippen LogP contribution in [0, 0.1) is 5.92 Å². The van der Waals surface area contributed by atoms with Crippen molar-refractivity contribution in [1.29, 1.82) is 0 Å². The molecule has 0 saturated carbocycles. The molecule has 26 heavy (non-hydrogen) atoms. The van der Waals surface area contributed by atoms with Crippen LogP contribution >= 0.6 is 0 Å². The third-order valence-electron chi connectivity index (χ3n) is 4.85. The van der Waals surface area contributed by atoms with Gasteiger partial charge in [-0.1, -0.05) is 24.3 Å². The van der Waals surface area contributed by atoms with E-state index in [-0.39, 0.29) is 19.3 Å². The summed E-state index contributed by atoms with van der Waals surface area (Å²) in [6.07, 6.45) is 3.01. The second kappa shape index (κ2) is 8.01. The Balaban J connectivity index is 1.51. The largest absolute Gasteiger partial charge is 0.494 e. The Morgan fingerprint density at radius 2 is 2.04 bits per heavy atom. The minimum absolute atomic E-state index is 0.154. The molecule has 1 aromatic rings. The monoisotopic (exact) mass is 359 g/mol. The number of ether oxygens (including phenoxy) is 1. The van der Waals surface area contributed by atoms with Gasteiger partial charge in [-0.15, -0.1) is 0 Å². The van der Waals surface area contributed by atoms with Crippen LogP contribution in [0.15, 0.2) is 24.3 Å². The molecule has 1 unspecified atom stereocenters. The molecule has 142 valence electrons. The Morgan fingerprint density at radius 1 is 1.31 bits per heavy atom. The van der Waals surface area contributed by atoms with Gasteiger partial charge in [-0.25, -0.2) is 4.79 Å². The lowest BCUT2D eigenvalue weighted by Gasteiger charge is -2.33. The van der Waals surface area contributed by atoms with Crippen molar-refractivity contribution in [3.8, 4) is 0 Å². The van der Waals surface area contributed by atoms with E-state index in [1.54, 1.807) is 0 Å². The lowest BCUT2D eigenvalue weighted by atomic mass is 9.77. The molecule has 1 aromatic carbocycles. The van der Waals surface area contributed by atoms with Crippen molar-refractivity contribution in [2.45, 2.75) is 58.7 Å². The number of carbonyl (C=O) groups is 1. The molecule has 0 aliphatic carbocycles. The molecule has 2 saturated heterocycles. The van der Waals surface area contributed by atoms with Crippen molar-refractivity contribution < 1.29 is 18.8 Å². The number of likely N-dealkylation sites (tertiary alicyclic amines) is 1. The Morgan fingerprint density at radius 3 is 2.65 bits per heavy atom. The number of piperidine rings is 1. The normalized spacial score (nSPS) is 21.9. The van der Waals surface area contributed by atoms with Gasteiger partial charge in [0.15, 0.2) is 0 Å². The van der Waals surface area contributed by atoms with Gasteiger partial charge in [0.2, 0.25) is 0 Å². The maximum absolute atomic E-state index is 12.2. The fraction of sp³-hybridized carbons (Fsp3) is 0.650. The van der Waals surface area contributed by atoms with Crippen molar-refractivity contribution >= 4 is 18.7 Å². The molecule has 2 aliphatic heterocycles. The predicted molar refractivity (Wildman–Crippen MR) is 103 cm³/mol. The van der Waals surface area contributed by atoms with E-state index < -0.39 is 5.60 Å². The predicted octanol–water partition coefficient (Wildman–Crippen LogP) is 3.01. The van der Waals surface area contributed by atoms with Gasteiger partial charge in [0.25, 0.3) is 0 Å². The van der Waals surface area contributed by atoms with Gasteiger partial charge < -0.3 is 18.9 Å². The Bertz CT molecular complexity index is 622. The van der Waals surface area contributed by atoms with Crippen LogP contribution in [-0.4, -0.2) is 49.5 Å². The summed E-state index contributed by atoms with van der Waals surface area (Å²) in [4.78, 5) is 14.0. The van der Waals surface area contributed by atoms with Gasteiger partial charge in [0, 0.05) is 13.1 Å². The zero-order chi connectivity index (χ0) is 18.7. The first-order valence-corrected chi connectivity index (χ1v) is 9.64. The number of benzene rings is 1. The topological polar surface area (TPSA) is 48.0 Å². The zero-order valence-corrected chi connectivity index (χ0v) is 16.4. The van der Waals surface area contributed by atoms with Gasteiger partial charge >= 0.3 is 13.2 Å². The summed E-state index contributed by atoms with van der Waals surface area (Å²) in [5.41, 5.74) is 1.97. The molecule has 6 heteroatoms. The molecular formula is C20H30BNO4. The van der Waals surface area contributed by atoms with Gasteiger partial charge in [0.05, 0.1) is 12.7 Å². The van der Waals surface area contributed by atoms with Gasteiger partial charge in [-0.05, 0) is 63.9 Å². The molecule has 5 nitrogen and oxygen atoms in total. The maximum atomic E-state index is 12.2. The smallest absolute Gasteiger partial charge is 0.444 e. The standard InChI is InChI=1S/C20H30BNO4/c1-15-14-24-21(26-15)18-7-5-6-17(13-18)12-16-8-10-22(11-9-16)19(23)25-20(2,3)4/h5-7,13,15-16H,8-12,14H2,1-4H3. The van der Waals surface area contributed by atoms with E-state index in [1.807, 2.05) is 32.6 Å². The number of carbonyl (C=O) groups excluding carboxylic acids is 1. The number of hydrogen-bond acceptors (Lipinski definition) is 4. The second-order valence-corrected chi connectivity index (χ2v) is 8.47. The summed E-state index contributed by atoms with van der Waals surface area (Å²) in [7, 11) is -0.237. The van der Waals surface area contributed by atoms with Gasteiger partial charge in [-0.2, -0.15) is 0 Å². The van der Waals surface area contributed by atoms with E-state index in [4.69, 9.17) is 14.0 Å². The van der Waals surface area contributed by atoms with E-state index in [0.29, 0.717) is 12.5 Å². The molecule has 0 aromatic heterocycles. The molecule has 2 aliphatic rings. The molecule has 0 radical (unpaired) electrons. The highest BCUT2D eigenvalue weighted by Gasteiger charge is 2.31. The molecule has 1 amide bonds. The first-order valence-electron chi connectivity index (χ1n) is 9.64. The average Bonchev–Trinajstić information content (AvgIpc) is 3.01. The molecule has 3 rings (SSSR count). The van der Waals surface area contributed by atoms with E-state index in [2.05, 4.69) is 24.3 Å². The molecule has 0 N–H and O–H groups in total. The van der Waals surface area contributed by atoms with Gasteiger partial charge in [0.1, 0.15) is 5.60 Å².